The third-order valence-corrected chi connectivity index (χ3v) is 5.84. The van der Waals surface area contributed by atoms with E-state index in [0.29, 0.717) is 6.54 Å². The number of allylic oxidation sites excluding steroid dienone is 3. The predicted molar refractivity (Wildman–Crippen MR) is 130 cm³/mol. The zero-order valence-corrected chi connectivity index (χ0v) is 17.9. The molecule has 0 saturated carbocycles. The van der Waals surface area contributed by atoms with Gasteiger partial charge in [-0.2, -0.15) is 0 Å². The minimum Gasteiger partial charge on any atom is -0.508 e. The summed E-state index contributed by atoms with van der Waals surface area (Å²) in [6.45, 7) is 6.43. The Hall–Kier alpha value is -3.43. The Morgan fingerprint density at radius 2 is 1.81 bits per heavy atom. The van der Waals surface area contributed by atoms with Crippen LogP contribution in [0.15, 0.2) is 79.1 Å². The van der Waals surface area contributed by atoms with E-state index in [1.54, 1.807) is 0 Å². The highest BCUT2D eigenvalue weighted by Crippen LogP contribution is 2.36. The first-order valence-electron chi connectivity index (χ1n) is 10.8. The molecule has 2 aromatic carbocycles. The van der Waals surface area contributed by atoms with E-state index in [0.717, 1.165) is 64.0 Å². The molecule has 0 unspecified atom stereocenters. The van der Waals surface area contributed by atoms with Gasteiger partial charge < -0.3 is 10.8 Å². The fourth-order valence-electron chi connectivity index (χ4n) is 4.17. The van der Waals surface area contributed by atoms with Crippen molar-refractivity contribution in [3.8, 4) is 22.4 Å². The SMILES string of the molecule is C=Cc1ccc(-c2cc(-c3ccccc3)nc(C3=CCCC=C3O)c2CN)cc1CC. The van der Waals surface area contributed by atoms with Crippen molar-refractivity contribution < 1.29 is 5.11 Å². The van der Waals surface area contributed by atoms with Crippen molar-refractivity contribution in [2.75, 3.05) is 0 Å². The number of nitrogens with zero attached hydrogens (tertiary/aromatic N) is 1. The highest BCUT2D eigenvalue weighted by molar-refractivity contribution is 5.85. The quantitative estimate of drug-likeness (QED) is 0.477. The molecular weight excluding hydrogens is 380 g/mol. The van der Waals surface area contributed by atoms with E-state index in [2.05, 4.69) is 56.0 Å². The number of aromatic nitrogens is 1. The zero-order chi connectivity index (χ0) is 21.8. The van der Waals surface area contributed by atoms with Crippen LogP contribution in [0.5, 0.6) is 0 Å². The van der Waals surface area contributed by atoms with E-state index in [-0.39, 0.29) is 5.76 Å². The number of aryl methyl sites for hydroxylation is 1. The number of hydrogen-bond donors (Lipinski definition) is 2. The Morgan fingerprint density at radius 3 is 2.48 bits per heavy atom. The molecule has 1 heterocycles. The van der Waals surface area contributed by atoms with Gasteiger partial charge in [0.1, 0.15) is 5.76 Å². The van der Waals surface area contributed by atoms with Crippen molar-refractivity contribution in [2.24, 2.45) is 5.73 Å². The van der Waals surface area contributed by atoms with Gasteiger partial charge in [-0.1, -0.05) is 74.2 Å². The van der Waals surface area contributed by atoms with Crippen LogP contribution in [0.25, 0.3) is 34.0 Å². The second kappa shape index (κ2) is 9.15. The average Bonchev–Trinajstić information content (AvgIpc) is 2.83. The van der Waals surface area contributed by atoms with E-state index in [1.165, 1.54) is 5.56 Å². The molecule has 0 spiro atoms. The fraction of sp³-hybridized carbons (Fsp3) is 0.179. The van der Waals surface area contributed by atoms with Gasteiger partial charge in [0.15, 0.2) is 0 Å². The minimum atomic E-state index is 0.279. The average molecular weight is 409 g/mol. The maximum absolute atomic E-state index is 10.6. The molecule has 0 atom stereocenters. The molecule has 3 aromatic rings. The van der Waals surface area contributed by atoms with E-state index in [9.17, 15) is 5.11 Å². The number of pyridine rings is 1. The van der Waals surface area contributed by atoms with Crippen molar-refractivity contribution in [3.63, 3.8) is 0 Å². The first kappa shape index (κ1) is 20.8. The lowest BCUT2D eigenvalue weighted by molar-refractivity contribution is 0.432. The van der Waals surface area contributed by atoms with Crippen LogP contribution < -0.4 is 5.73 Å². The van der Waals surface area contributed by atoms with Crippen molar-refractivity contribution in [1.29, 1.82) is 0 Å². The maximum atomic E-state index is 10.6. The Balaban J connectivity index is 2.00. The zero-order valence-electron chi connectivity index (χ0n) is 17.9. The fourth-order valence-corrected chi connectivity index (χ4v) is 4.17. The van der Waals surface area contributed by atoms with Gasteiger partial charge in [-0.05, 0) is 53.7 Å². The lowest BCUT2D eigenvalue weighted by Gasteiger charge is -2.20. The van der Waals surface area contributed by atoms with E-state index >= 15 is 0 Å². The predicted octanol–water partition coefficient (Wildman–Crippen LogP) is 6.70. The third kappa shape index (κ3) is 4.10. The molecule has 1 aliphatic rings. The molecule has 156 valence electrons. The summed E-state index contributed by atoms with van der Waals surface area (Å²) in [5, 5.41) is 10.6. The summed E-state index contributed by atoms with van der Waals surface area (Å²) >= 11 is 0. The highest BCUT2D eigenvalue weighted by atomic mass is 16.3. The van der Waals surface area contributed by atoms with Crippen molar-refractivity contribution in [3.05, 3.63) is 101 Å². The number of hydrogen-bond acceptors (Lipinski definition) is 3. The summed E-state index contributed by atoms with van der Waals surface area (Å²) in [4.78, 5) is 4.99. The number of aliphatic hydroxyl groups excluding tert-OH is 1. The molecule has 0 amide bonds. The van der Waals surface area contributed by atoms with Gasteiger partial charge in [-0.15, -0.1) is 0 Å². The molecular formula is C28H28N2O. The monoisotopic (exact) mass is 408 g/mol. The van der Waals surface area contributed by atoms with Gasteiger partial charge in [0.2, 0.25) is 0 Å². The summed E-state index contributed by atoms with van der Waals surface area (Å²) in [7, 11) is 0. The van der Waals surface area contributed by atoms with Crippen LogP contribution in [0.4, 0.5) is 0 Å². The number of rotatable bonds is 6. The standard InChI is InChI=1S/C28H28N2O/c1-3-19-14-15-22(16-20(19)4-2)24-17-26(21-10-6-5-7-11-21)30-28(25(24)18-29)23-12-8-9-13-27(23)31/h3,5-7,10-17,31H,1,4,8-9,18,29H2,2H3. The normalized spacial score (nSPS) is 13.5. The lowest BCUT2D eigenvalue weighted by Crippen LogP contribution is -2.09. The molecule has 4 rings (SSSR count). The van der Waals surface area contributed by atoms with Crippen LogP contribution in [-0.4, -0.2) is 10.1 Å². The number of aliphatic hydroxyl groups is 1. The smallest absolute Gasteiger partial charge is 0.120 e. The first-order valence-corrected chi connectivity index (χ1v) is 10.8. The molecule has 3 nitrogen and oxygen atoms in total. The molecule has 0 bridgehead atoms. The number of nitrogens with two attached hydrogens (primary N) is 1. The second-order valence-corrected chi connectivity index (χ2v) is 7.71. The van der Waals surface area contributed by atoms with Crippen LogP contribution in [0.1, 0.15) is 42.1 Å². The Bertz CT molecular complexity index is 1170. The molecule has 0 aliphatic heterocycles. The van der Waals surface area contributed by atoms with Gasteiger partial charge in [0, 0.05) is 23.2 Å². The second-order valence-electron chi connectivity index (χ2n) is 7.71. The summed E-state index contributed by atoms with van der Waals surface area (Å²) < 4.78 is 0. The summed E-state index contributed by atoms with van der Waals surface area (Å²) in [5.74, 6) is 0.279. The van der Waals surface area contributed by atoms with E-state index in [1.807, 2.05) is 30.4 Å². The molecule has 1 aliphatic carbocycles. The Morgan fingerprint density at radius 1 is 1.03 bits per heavy atom. The third-order valence-electron chi connectivity index (χ3n) is 5.84. The lowest BCUT2D eigenvalue weighted by atomic mass is 9.90. The Labute approximate surface area is 184 Å². The summed E-state index contributed by atoms with van der Waals surface area (Å²) in [5.41, 5.74) is 15.2. The largest absolute Gasteiger partial charge is 0.508 e. The van der Waals surface area contributed by atoms with Gasteiger partial charge in [0.25, 0.3) is 0 Å². The van der Waals surface area contributed by atoms with Crippen molar-refractivity contribution in [2.45, 2.75) is 32.7 Å². The molecule has 3 N–H and O–H groups in total. The van der Waals surface area contributed by atoms with Crippen LogP contribution in [0.3, 0.4) is 0 Å². The molecule has 0 fully saturated rings. The molecule has 3 heteroatoms. The van der Waals surface area contributed by atoms with Gasteiger partial charge in [-0.25, -0.2) is 4.98 Å². The van der Waals surface area contributed by atoms with E-state index in [4.69, 9.17) is 10.7 Å². The van der Waals surface area contributed by atoms with Crippen LogP contribution in [0, 0.1) is 0 Å². The highest BCUT2D eigenvalue weighted by Gasteiger charge is 2.20. The van der Waals surface area contributed by atoms with Crippen molar-refractivity contribution >= 4 is 11.6 Å². The van der Waals surface area contributed by atoms with Crippen LogP contribution in [-0.2, 0) is 13.0 Å². The van der Waals surface area contributed by atoms with Crippen LogP contribution in [0.2, 0.25) is 0 Å². The van der Waals surface area contributed by atoms with Crippen molar-refractivity contribution in [1.82, 2.24) is 4.98 Å². The molecule has 0 radical (unpaired) electrons. The van der Waals surface area contributed by atoms with Gasteiger partial charge in [-0.3, -0.25) is 0 Å². The van der Waals surface area contributed by atoms with E-state index < -0.39 is 0 Å². The molecule has 31 heavy (non-hydrogen) atoms. The summed E-state index contributed by atoms with van der Waals surface area (Å²) in [6, 6.07) is 18.7. The Kier molecular flexibility index (Phi) is 6.15. The molecule has 0 saturated heterocycles. The van der Waals surface area contributed by atoms with Crippen LogP contribution >= 0.6 is 0 Å². The molecule has 1 aromatic heterocycles. The first-order chi connectivity index (χ1) is 15.2. The summed E-state index contributed by atoms with van der Waals surface area (Å²) in [6.07, 6.45) is 8.46. The minimum absolute atomic E-state index is 0.279. The van der Waals surface area contributed by atoms with Gasteiger partial charge in [0.05, 0.1) is 11.4 Å². The topological polar surface area (TPSA) is 59.1 Å². The maximum Gasteiger partial charge on any atom is 0.120 e. The van der Waals surface area contributed by atoms with Gasteiger partial charge >= 0.3 is 0 Å². The number of benzene rings is 2.